The van der Waals surface area contributed by atoms with Gasteiger partial charge in [0.1, 0.15) is 5.56 Å². The van der Waals surface area contributed by atoms with Gasteiger partial charge < -0.3 is 9.72 Å². The standard InChI is InChI=1S/C14H11N3O4/c1-2-21-13(19)9-7-15-11-8-5-3-4-6-10(8)16-14(20)17(11)12(9)18/h3-7H,2H2,1H3,(H,16,20). The van der Waals surface area contributed by atoms with Gasteiger partial charge in [-0.15, -0.1) is 0 Å². The Kier molecular flexibility index (Phi) is 3.02. The number of aromatic amines is 1. The van der Waals surface area contributed by atoms with E-state index in [2.05, 4.69) is 9.97 Å². The molecular formula is C14H11N3O4. The number of para-hydroxylation sites is 1. The molecule has 0 fully saturated rings. The summed E-state index contributed by atoms with van der Waals surface area (Å²) < 4.78 is 5.62. The van der Waals surface area contributed by atoms with Crippen LogP contribution in [0.2, 0.25) is 0 Å². The Morgan fingerprint density at radius 2 is 2.10 bits per heavy atom. The first-order valence-electron chi connectivity index (χ1n) is 6.33. The Bertz CT molecular complexity index is 971. The van der Waals surface area contributed by atoms with Crippen molar-refractivity contribution in [3.05, 3.63) is 56.9 Å². The van der Waals surface area contributed by atoms with E-state index in [1.807, 2.05) is 0 Å². The number of carbonyl (C=O) groups is 1. The van der Waals surface area contributed by atoms with Crippen LogP contribution in [0.15, 0.2) is 40.1 Å². The predicted octanol–water partition coefficient (Wildman–Crippen LogP) is 0.713. The van der Waals surface area contributed by atoms with Crippen LogP contribution in [0.5, 0.6) is 0 Å². The van der Waals surface area contributed by atoms with Crippen LogP contribution in [-0.2, 0) is 4.74 Å². The molecular weight excluding hydrogens is 274 g/mol. The molecule has 0 amide bonds. The summed E-state index contributed by atoms with van der Waals surface area (Å²) in [7, 11) is 0. The molecule has 7 nitrogen and oxygen atoms in total. The molecule has 3 aromatic rings. The average Bonchev–Trinajstić information content (AvgIpc) is 2.47. The highest BCUT2D eigenvalue weighted by Gasteiger charge is 2.17. The van der Waals surface area contributed by atoms with Crippen LogP contribution in [-0.4, -0.2) is 26.9 Å². The van der Waals surface area contributed by atoms with Crippen molar-refractivity contribution >= 4 is 22.5 Å². The predicted molar refractivity (Wildman–Crippen MR) is 75.5 cm³/mol. The zero-order chi connectivity index (χ0) is 15.0. The number of rotatable bonds is 2. The van der Waals surface area contributed by atoms with Crippen LogP contribution < -0.4 is 11.2 Å². The van der Waals surface area contributed by atoms with Crippen LogP contribution in [0.1, 0.15) is 17.3 Å². The largest absolute Gasteiger partial charge is 0.462 e. The highest BCUT2D eigenvalue weighted by atomic mass is 16.5. The lowest BCUT2D eigenvalue weighted by atomic mass is 10.2. The molecule has 0 saturated heterocycles. The van der Waals surface area contributed by atoms with E-state index in [1.54, 1.807) is 31.2 Å². The summed E-state index contributed by atoms with van der Waals surface area (Å²) in [5.74, 6) is -0.794. The third kappa shape index (κ3) is 1.99. The third-order valence-electron chi connectivity index (χ3n) is 3.07. The number of fused-ring (bicyclic) bond motifs is 3. The first-order chi connectivity index (χ1) is 10.1. The lowest BCUT2D eigenvalue weighted by molar-refractivity contribution is 0.0523. The van der Waals surface area contributed by atoms with Gasteiger partial charge in [-0.3, -0.25) is 4.79 Å². The van der Waals surface area contributed by atoms with Crippen molar-refractivity contribution in [2.75, 3.05) is 6.61 Å². The molecule has 1 aromatic carbocycles. The molecule has 7 heteroatoms. The fourth-order valence-electron chi connectivity index (χ4n) is 2.14. The number of carbonyl (C=O) groups excluding carboxylic acids is 1. The monoisotopic (exact) mass is 285 g/mol. The first-order valence-corrected chi connectivity index (χ1v) is 6.33. The summed E-state index contributed by atoms with van der Waals surface area (Å²) in [4.78, 5) is 42.7. The summed E-state index contributed by atoms with van der Waals surface area (Å²) in [6, 6.07) is 6.98. The number of hydrogen-bond acceptors (Lipinski definition) is 5. The molecule has 0 aliphatic carbocycles. The summed E-state index contributed by atoms with van der Waals surface area (Å²) in [6.45, 7) is 1.76. The smallest absolute Gasteiger partial charge is 0.345 e. The molecule has 0 atom stereocenters. The van der Waals surface area contributed by atoms with Crippen molar-refractivity contribution < 1.29 is 9.53 Å². The second-order valence-electron chi connectivity index (χ2n) is 4.33. The second-order valence-corrected chi connectivity index (χ2v) is 4.33. The maximum absolute atomic E-state index is 12.3. The highest BCUT2D eigenvalue weighted by molar-refractivity contribution is 5.92. The van der Waals surface area contributed by atoms with Gasteiger partial charge in [-0.05, 0) is 19.1 Å². The van der Waals surface area contributed by atoms with Crippen LogP contribution in [0.4, 0.5) is 0 Å². The third-order valence-corrected chi connectivity index (χ3v) is 3.07. The van der Waals surface area contributed by atoms with E-state index >= 15 is 0 Å². The van der Waals surface area contributed by atoms with E-state index in [-0.39, 0.29) is 17.8 Å². The molecule has 2 heterocycles. The van der Waals surface area contributed by atoms with E-state index in [0.717, 1.165) is 10.6 Å². The van der Waals surface area contributed by atoms with E-state index < -0.39 is 17.2 Å². The molecule has 0 aliphatic heterocycles. The maximum atomic E-state index is 12.3. The molecule has 3 rings (SSSR count). The Morgan fingerprint density at radius 3 is 2.86 bits per heavy atom. The average molecular weight is 285 g/mol. The van der Waals surface area contributed by atoms with Gasteiger partial charge in [-0.2, -0.15) is 0 Å². The second kappa shape index (κ2) is 4.86. The minimum absolute atomic E-state index is 0.134. The maximum Gasteiger partial charge on any atom is 0.345 e. The van der Waals surface area contributed by atoms with E-state index in [4.69, 9.17) is 4.74 Å². The highest BCUT2D eigenvalue weighted by Crippen LogP contribution is 2.12. The summed E-state index contributed by atoms with van der Waals surface area (Å²) >= 11 is 0. The number of ether oxygens (including phenoxy) is 1. The molecule has 0 radical (unpaired) electrons. The number of nitrogens with zero attached hydrogens (tertiary/aromatic N) is 2. The molecule has 0 spiro atoms. The van der Waals surface area contributed by atoms with Gasteiger partial charge in [0, 0.05) is 11.6 Å². The van der Waals surface area contributed by atoms with Gasteiger partial charge in [-0.1, -0.05) is 12.1 Å². The fraction of sp³-hybridized carbons (Fsp3) is 0.143. The van der Waals surface area contributed by atoms with Crippen LogP contribution in [0.25, 0.3) is 16.6 Å². The zero-order valence-corrected chi connectivity index (χ0v) is 11.1. The van der Waals surface area contributed by atoms with Gasteiger partial charge in [-0.25, -0.2) is 19.0 Å². The van der Waals surface area contributed by atoms with E-state index in [1.165, 1.54) is 0 Å². The van der Waals surface area contributed by atoms with Crippen molar-refractivity contribution in [2.24, 2.45) is 0 Å². The molecule has 2 aromatic heterocycles. The number of benzene rings is 1. The minimum Gasteiger partial charge on any atom is -0.462 e. The van der Waals surface area contributed by atoms with Crippen molar-refractivity contribution in [3.8, 4) is 0 Å². The van der Waals surface area contributed by atoms with Gasteiger partial charge >= 0.3 is 11.7 Å². The van der Waals surface area contributed by atoms with Crippen molar-refractivity contribution in [2.45, 2.75) is 6.92 Å². The molecule has 21 heavy (non-hydrogen) atoms. The lowest BCUT2D eigenvalue weighted by Gasteiger charge is -2.06. The molecule has 1 N–H and O–H groups in total. The molecule has 0 unspecified atom stereocenters. The van der Waals surface area contributed by atoms with Crippen molar-refractivity contribution in [1.82, 2.24) is 14.4 Å². The normalized spacial score (nSPS) is 10.9. The Balaban J connectivity index is 2.42. The van der Waals surface area contributed by atoms with Crippen LogP contribution >= 0.6 is 0 Å². The molecule has 0 bridgehead atoms. The summed E-state index contributed by atoms with van der Waals surface area (Å²) in [6.07, 6.45) is 1.14. The summed E-state index contributed by atoms with van der Waals surface area (Å²) in [5, 5.41) is 0.615. The Hall–Kier alpha value is -2.96. The van der Waals surface area contributed by atoms with Gasteiger partial charge in [0.05, 0.1) is 12.1 Å². The lowest BCUT2D eigenvalue weighted by Crippen LogP contribution is -2.33. The van der Waals surface area contributed by atoms with Crippen molar-refractivity contribution in [1.29, 1.82) is 0 Å². The number of H-pyrrole nitrogens is 1. The van der Waals surface area contributed by atoms with Gasteiger partial charge in [0.25, 0.3) is 5.56 Å². The van der Waals surface area contributed by atoms with Gasteiger partial charge in [0.2, 0.25) is 0 Å². The number of nitrogens with one attached hydrogen (secondary N) is 1. The van der Waals surface area contributed by atoms with E-state index in [9.17, 15) is 14.4 Å². The van der Waals surface area contributed by atoms with Crippen LogP contribution in [0.3, 0.4) is 0 Å². The topological polar surface area (TPSA) is 93.5 Å². The Morgan fingerprint density at radius 1 is 1.33 bits per heavy atom. The van der Waals surface area contributed by atoms with Crippen LogP contribution in [0, 0.1) is 0 Å². The molecule has 106 valence electrons. The van der Waals surface area contributed by atoms with Crippen molar-refractivity contribution in [3.63, 3.8) is 0 Å². The van der Waals surface area contributed by atoms with E-state index in [0.29, 0.717) is 10.9 Å². The minimum atomic E-state index is -0.794. The quantitative estimate of drug-likeness (QED) is 0.553. The first kappa shape index (κ1) is 13.0. The fourth-order valence-corrected chi connectivity index (χ4v) is 2.14. The SMILES string of the molecule is CCOC(=O)c1cnc2c3ccccc3[nH]c(=O)n2c1=O. The summed E-state index contributed by atoms with van der Waals surface area (Å²) in [5.41, 5.74) is -0.890. The number of hydrogen-bond donors (Lipinski definition) is 1. The molecule has 0 aliphatic rings. The zero-order valence-electron chi connectivity index (χ0n) is 11.1. The molecule has 0 saturated carbocycles. The Labute approximate surface area is 117 Å². The number of esters is 1. The van der Waals surface area contributed by atoms with Gasteiger partial charge in [0.15, 0.2) is 5.65 Å². The number of aromatic nitrogens is 3.